The van der Waals surface area contributed by atoms with Gasteiger partial charge in [0.05, 0.1) is 13.5 Å². The maximum Gasteiger partial charge on any atom is 0.315 e. The van der Waals surface area contributed by atoms with Gasteiger partial charge in [-0.25, -0.2) is 0 Å². The lowest BCUT2D eigenvalue weighted by Crippen LogP contribution is -2.23. The highest BCUT2D eigenvalue weighted by atomic mass is 16.6. The van der Waals surface area contributed by atoms with Gasteiger partial charge in [0, 0.05) is 18.7 Å². The summed E-state index contributed by atoms with van der Waals surface area (Å²) in [7, 11) is 1.55. The Labute approximate surface area is 147 Å². The Morgan fingerprint density at radius 2 is 1.88 bits per heavy atom. The third kappa shape index (κ3) is 3.99. The fraction of sp³-hybridized carbons (Fsp3) is 0.300. The van der Waals surface area contributed by atoms with Gasteiger partial charge in [-0.2, -0.15) is 0 Å². The van der Waals surface area contributed by atoms with Crippen LogP contribution in [0.1, 0.15) is 24.0 Å². The molecule has 5 nitrogen and oxygen atoms in total. The summed E-state index contributed by atoms with van der Waals surface area (Å²) in [6, 6.07) is 12.9. The van der Waals surface area contributed by atoms with Gasteiger partial charge in [-0.3, -0.25) is 9.59 Å². The zero-order chi connectivity index (χ0) is 17.8. The monoisotopic (exact) mass is 339 g/mol. The van der Waals surface area contributed by atoms with Gasteiger partial charge in [0.25, 0.3) is 0 Å². The summed E-state index contributed by atoms with van der Waals surface area (Å²) in [5.74, 6) is 0.749. The van der Waals surface area contributed by atoms with Crippen LogP contribution in [0.4, 0.5) is 5.69 Å². The van der Waals surface area contributed by atoms with Gasteiger partial charge in [0.15, 0.2) is 11.5 Å². The standard InChI is InChI=1S/C20H21NO4/c1-14-5-10-17(18(12-14)24-2)25-20(23)13-15-6-8-16(9-7-15)21-11-3-4-19(21)22/h5-10,12H,3-4,11,13H2,1-2H3. The maximum atomic E-state index is 12.2. The zero-order valence-electron chi connectivity index (χ0n) is 14.5. The first kappa shape index (κ1) is 17.0. The predicted octanol–water partition coefficient (Wildman–Crippen LogP) is 3.28. The van der Waals surface area contributed by atoms with E-state index in [0.29, 0.717) is 17.9 Å². The van der Waals surface area contributed by atoms with Gasteiger partial charge in [0.2, 0.25) is 5.91 Å². The first-order chi connectivity index (χ1) is 12.1. The number of anilines is 1. The van der Waals surface area contributed by atoms with Crippen LogP contribution in [0.3, 0.4) is 0 Å². The molecule has 3 rings (SSSR count). The van der Waals surface area contributed by atoms with E-state index in [4.69, 9.17) is 9.47 Å². The van der Waals surface area contributed by atoms with Crippen molar-refractivity contribution in [3.63, 3.8) is 0 Å². The van der Waals surface area contributed by atoms with E-state index in [9.17, 15) is 9.59 Å². The van der Waals surface area contributed by atoms with Gasteiger partial charge in [-0.1, -0.05) is 18.2 Å². The average molecular weight is 339 g/mol. The SMILES string of the molecule is COc1cc(C)ccc1OC(=O)Cc1ccc(N2CCCC2=O)cc1. The lowest BCUT2D eigenvalue weighted by atomic mass is 10.1. The van der Waals surface area contributed by atoms with Gasteiger partial charge in [-0.15, -0.1) is 0 Å². The lowest BCUT2D eigenvalue weighted by Gasteiger charge is -2.16. The molecule has 1 aliphatic rings. The summed E-state index contributed by atoms with van der Waals surface area (Å²) in [5, 5.41) is 0. The highest BCUT2D eigenvalue weighted by Crippen LogP contribution is 2.28. The van der Waals surface area contributed by atoms with Crippen LogP contribution in [0.5, 0.6) is 11.5 Å². The number of nitrogens with zero attached hydrogens (tertiary/aromatic N) is 1. The lowest BCUT2D eigenvalue weighted by molar-refractivity contribution is -0.133. The number of carbonyl (C=O) groups is 2. The smallest absolute Gasteiger partial charge is 0.315 e. The Morgan fingerprint density at radius 3 is 2.52 bits per heavy atom. The van der Waals surface area contributed by atoms with Crippen LogP contribution in [-0.2, 0) is 16.0 Å². The van der Waals surface area contributed by atoms with Crippen molar-refractivity contribution in [1.29, 1.82) is 0 Å². The van der Waals surface area contributed by atoms with Crippen LogP contribution in [0.2, 0.25) is 0 Å². The summed E-state index contributed by atoms with van der Waals surface area (Å²) in [6.07, 6.45) is 1.66. The third-order valence-corrected chi connectivity index (χ3v) is 4.21. The van der Waals surface area contributed by atoms with E-state index in [1.165, 1.54) is 0 Å². The molecular weight excluding hydrogens is 318 g/mol. The number of benzene rings is 2. The molecule has 130 valence electrons. The molecule has 1 heterocycles. The van der Waals surface area contributed by atoms with Gasteiger partial charge in [0.1, 0.15) is 0 Å². The molecule has 1 aliphatic heterocycles. The molecule has 0 spiro atoms. The molecule has 0 atom stereocenters. The van der Waals surface area contributed by atoms with E-state index >= 15 is 0 Å². The summed E-state index contributed by atoms with van der Waals surface area (Å²) in [4.78, 5) is 25.7. The minimum absolute atomic E-state index is 0.152. The van der Waals surface area contributed by atoms with Gasteiger partial charge >= 0.3 is 5.97 Å². The van der Waals surface area contributed by atoms with Gasteiger partial charge in [-0.05, 0) is 48.7 Å². The predicted molar refractivity (Wildman–Crippen MR) is 95.1 cm³/mol. The van der Waals surface area contributed by atoms with Crippen molar-refractivity contribution in [1.82, 2.24) is 0 Å². The number of hydrogen-bond acceptors (Lipinski definition) is 4. The molecule has 0 bridgehead atoms. The second-order valence-electron chi connectivity index (χ2n) is 6.12. The maximum absolute atomic E-state index is 12.2. The second kappa shape index (κ2) is 7.38. The van der Waals surface area contributed by atoms with Crippen molar-refractivity contribution >= 4 is 17.6 Å². The van der Waals surface area contributed by atoms with E-state index in [-0.39, 0.29) is 18.3 Å². The Morgan fingerprint density at radius 1 is 1.12 bits per heavy atom. The minimum Gasteiger partial charge on any atom is -0.493 e. The summed E-state index contributed by atoms with van der Waals surface area (Å²) in [6.45, 7) is 2.70. The second-order valence-corrected chi connectivity index (χ2v) is 6.12. The number of aryl methyl sites for hydroxylation is 1. The number of amides is 1. The molecule has 0 aromatic heterocycles. The number of carbonyl (C=O) groups excluding carboxylic acids is 2. The molecule has 1 saturated heterocycles. The fourth-order valence-electron chi connectivity index (χ4n) is 2.90. The van der Waals surface area contributed by atoms with Gasteiger partial charge < -0.3 is 14.4 Å². The fourth-order valence-corrected chi connectivity index (χ4v) is 2.90. The summed E-state index contributed by atoms with van der Waals surface area (Å²) in [5.41, 5.74) is 2.75. The molecule has 2 aromatic rings. The van der Waals surface area contributed by atoms with Crippen LogP contribution < -0.4 is 14.4 Å². The van der Waals surface area contributed by atoms with E-state index in [1.54, 1.807) is 18.1 Å². The topological polar surface area (TPSA) is 55.8 Å². The molecule has 0 unspecified atom stereocenters. The number of methoxy groups -OCH3 is 1. The molecule has 1 fully saturated rings. The number of esters is 1. The highest BCUT2D eigenvalue weighted by molar-refractivity contribution is 5.95. The van der Waals surface area contributed by atoms with Crippen LogP contribution in [-0.4, -0.2) is 25.5 Å². The van der Waals surface area contributed by atoms with Crippen molar-refractivity contribution in [2.24, 2.45) is 0 Å². The number of rotatable bonds is 5. The first-order valence-corrected chi connectivity index (χ1v) is 8.31. The first-order valence-electron chi connectivity index (χ1n) is 8.31. The number of hydrogen-bond donors (Lipinski definition) is 0. The van der Waals surface area contributed by atoms with E-state index in [0.717, 1.165) is 29.8 Å². The van der Waals surface area contributed by atoms with Crippen molar-refractivity contribution in [2.45, 2.75) is 26.2 Å². The quantitative estimate of drug-likeness (QED) is 0.620. The van der Waals surface area contributed by atoms with Crippen molar-refractivity contribution in [3.8, 4) is 11.5 Å². The Bertz CT molecular complexity index is 783. The van der Waals surface area contributed by atoms with Crippen molar-refractivity contribution < 1.29 is 19.1 Å². The molecule has 0 N–H and O–H groups in total. The van der Waals surface area contributed by atoms with Crippen molar-refractivity contribution in [3.05, 3.63) is 53.6 Å². The van der Waals surface area contributed by atoms with Crippen LogP contribution >= 0.6 is 0 Å². The number of ether oxygens (including phenoxy) is 2. The van der Waals surface area contributed by atoms with Crippen LogP contribution in [0.25, 0.3) is 0 Å². The van der Waals surface area contributed by atoms with E-state index in [1.807, 2.05) is 43.3 Å². The third-order valence-electron chi connectivity index (χ3n) is 4.21. The molecule has 0 radical (unpaired) electrons. The Kier molecular flexibility index (Phi) is 5.03. The molecule has 25 heavy (non-hydrogen) atoms. The zero-order valence-corrected chi connectivity index (χ0v) is 14.5. The normalized spacial score (nSPS) is 13.8. The molecule has 5 heteroatoms. The molecular formula is C20H21NO4. The van der Waals surface area contributed by atoms with Crippen LogP contribution in [0, 0.1) is 6.92 Å². The Balaban J connectivity index is 1.64. The summed E-state index contributed by atoms with van der Waals surface area (Å²) >= 11 is 0. The summed E-state index contributed by atoms with van der Waals surface area (Å²) < 4.78 is 10.7. The Hall–Kier alpha value is -2.82. The largest absolute Gasteiger partial charge is 0.493 e. The minimum atomic E-state index is -0.354. The van der Waals surface area contributed by atoms with Crippen molar-refractivity contribution in [2.75, 3.05) is 18.6 Å². The van der Waals surface area contributed by atoms with Crippen LogP contribution in [0.15, 0.2) is 42.5 Å². The molecule has 2 aromatic carbocycles. The van der Waals surface area contributed by atoms with E-state index in [2.05, 4.69) is 0 Å². The molecule has 0 saturated carbocycles. The molecule has 0 aliphatic carbocycles. The average Bonchev–Trinajstić information content (AvgIpc) is 3.03. The highest BCUT2D eigenvalue weighted by Gasteiger charge is 2.21. The molecule has 1 amide bonds. The van der Waals surface area contributed by atoms with E-state index < -0.39 is 0 Å².